The van der Waals surface area contributed by atoms with E-state index in [4.69, 9.17) is 4.74 Å². The van der Waals surface area contributed by atoms with Crippen molar-refractivity contribution in [2.24, 2.45) is 5.92 Å². The summed E-state index contributed by atoms with van der Waals surface area (Å²) in [5, 5.41) is 12.8. The van der Waals surface area contributed by atoms with Crippen LogP contribution in [-0.2, 0) is 0 Å². The number of amides is 1. The average Bonchev–Trinajstić information content (AvgIpc) is 2.37. The van der Waals surface area contributed by atoms with Gasteiger partial charge in [0.05, 0.1) is 12.2 Å². The van der Waals surface area contributed by atoms with Gasteiger partial charge in [0.1, 0.15) is 5.75 Å². The Hall–Kier alpha value is -1.55. The summed E-state index contributed by atoms with van der Waals surface area (Å²) >= 11 is 0. The van der Waals surface area contributed by atoms with Crippen LogP contribution in [0.5, 0.6) is 5.75 Å². The third-order valence-electron chi connectivity index (χ3n) is 3.28. The van der Waals surface area contributed by atoms with Gasteiger partial charge in [-0.3, -0.25) is 4.79 Å². The normalized spacial score (nSPS) is 14.0. The number of aliphatic hydroxyl groups is 1. The minimum absolute atomic E-state index is 0.0770. The second-order valence-corrected chi connectivity index (χ2v) is 5.15. The number of rotatable bonds is 6. The summed E-state index contributed by atoms with van der Waals surface area (Å²) in [6.07, 6.45) is 0. The zero-order chi connectivity index (χ0) is 14.5. The van der Waals surface area contributed by atoms with E-state index in [1.165, 1.54) is 0 Å². The van der Waals surface area contributed by atoms with Crippen LogP contribution in [0.4, 0.5) is 0 Å². The lowest BCUT2D eigenvalue weighted by molar-refractivity contribution is 0.0142. The van der Waals surface area contributed by atoms with Gasteiger partial charge in [-0.2, -0.15) is 0 Å². The van der Waals surface area contributed by atoms with E-state index in [0.717, 1.165) is 5.75 Å². The molecule has 0 aliphatic carbocycles. The van der Waals surface area contributed by atoms with Gasteiger partial charge in [-0.05, 0) is 44.0 Å². The second kappa shape index (κ2) is 6.57. The summed E-state index contributed by atoms with van der Waals surface area (Å²) < 4.78 is 5.31. The Balaban J connectivity index is 2.59. The van der Waals surface area contributed by atoms with E-state index in [0.29, 0.717) is 12.2 Å². The van der Waals surface area contributed by atoms with Gasteiger partial charge in [0, 0.05) is 12.1 Å². The maximum Gasteiger partial charge on any atom is 0.251 e. The van der Waals surface area contributed by atoms with E-state index in [-0.39, 0.29) is 18.4 Å². The Labute approximate surface area is 114 Å². The van der Waals surface area contributed by atoms with Gasteiger partial charge in [0.2, 0.25) is 0 Å². The molecule has 0 bridgehead atoms. The minimum Gasteiger partial charge on any atom is -0.494 e. The smallest absolute Gasteiger partial charge is 0.251 e. The molecular formula is C15H23NO3. The van der Waals surface area contributed by atoms with E-state index < -0.39 is 5.60 Å². The van der Waals surface area contributed by atoms with Gasteiger partial charge in [-0.15, -0.1) is 0 Å². The molecule has 0 fully saturated rings. The molecule has 2 N–H and O–H groups in total. The highest BCUT2D eigenvalue weighted by atomic mass is 16.5. The molecule has 0 heterocycles. The predicted molar refractivity (Wildman–Crippen MR) is 75.4 cm³/mol. The summed E-state index contributed by atoms with van der Waals surface area (Å²) in [5.74, 6) is 0.630. The first-order valence-electron chi connectivity index (χ1n) is 6.60. The van der Waals surface area contributed by atoms with Crippen molar-refractivity contribution in [1.29, 1.82) is 0 Å². The molecule has 1 atom stereocenters. The van der Waals surface area contributed by atoms with Crippen molar-refractivity contribution in [3.8, 4) is 5.75 Å². The maximum atomic E-state index is 11.9. The molecule has 4 nitrogen and oxygen atoms in total. The van der Waals surface area contributed by atoms with Crippen LogP contribution in [0, 0.1) is 5.92 Å². The maximum absolute atomic E-state index is 11.9. The fraction of sp³-hybridized carbons (Fsp3) is 0.533. The van der Waals surface area contributed by atoms with Gasteiger partial charge in [0.25, 0.3) is 5.91 Å². The topological polar surface area (TPSA) is 58.6 Å². The van der Waals surface area contributed by atoms with Crippen LogP contribution in [-0.4, -0.2) is 29.8 Å². The van der Waals surface area contributed by atoms with E-state index >= 15 is 0 Å². The van der Waals surface area contributed by atoms with Crippen molar-refractivity contribution in [1.82, 2.24) is 5.32 Å². The fourth-order valence-corrected chi connectivity index (χ4v) is 1.43. The Morgan fingerprint density at radius 1 is 1.37 bits per heavy atom. The summed E-state index contributed by atoms with van der Waals surface area (Å²) in [6, 6.07) is 6.95. The van der Waals surface area contributed by atoms with E-state index in [2.05, 4.69) is 5.32 Å². The monoisotopic (exact) mass is 265 g/mol. The van der Waals surface area contributed by atoms with Crippen molar-refractivity contribution in [2.75, 3.05) is 13.2 Å². The van der Waals surface area contributed by atoms with Gasteiger partial charge >= 0.3 is 0 Å². The molecule has 1 unspecified atom stereocenters. The molecule has 1 rings (SSSR count). The molecule has 0 radical (unpaired) electrons. The predicted octanol–water partition coefficient (Wildman–Crippen LogP) is 2.22. The first-order chi connectivity index (χ1) is 8.86. The molecule has 0 aliphatic heterocycles. The molecule has 106 valence electrons. The zero-order valence-electron chi connectivity index (χ0n) is 12.1. The minimum atomic E-state index is -0.902. The molecule has 1 aromatic carbocycles. The third-order valence-corrected chi connectivity index (χ3v) is 3.28. The highest BCUT2D eigenvalue weighted by molar-refractivity contribution is 5.94. The van der Waals surface area contributed by atoms with Gasteiger partial charge in [0.15, 0.2) is 0 Å². The van der Waals surface area contributed by atoms with Crippen LogP contribution in [0.2, 0.25) is 0 Å². The molecule has 0 aromatic heterocycles. The number of hydrogen-bond donors (Lipinski definition) is 2. The van der Waals surface area contributed by atoms with E-state index in [1.54, 1.807) is 31.2 Å². The van der Waals surface area contributed by atoms with Crippen molar-refractivity contribution >= 4 is 5.91 Å². The number of carbonyl (C=O) groups excluding carboxylic acids is 1. The lowest BCUT2D eigenvalue weighted by Gasteiger charge is -2.27. The molecular weight excluding hydrogens is 242 g/mol. The highest BCUT2D eigenvalue weighted by Gasteiger charge is 2.25. The standard InChI is InChI=1S/C15H23NO3/c1-5-19-13-8-6-12(7-9-13)14(17)16-10-15(4,18)11(2)3/h6-9,11,18H,5,10H2,1-4H3,(H,16,17). The van der Waals surface area contributed by atoms with Crippen LogP contribution in [0.3, 0.4) is 0 Å². The molecule has 1 aromatic rings. The van der Waals surface area contributed by atoms with E-state index in [9.17, 15) is 9.90 Å². The highest BCUT2D eigenvalue weighted by Crippen LogP contribution is 2.15. The summed E-state index contributed by atoms with van der Waals surface area (Å²) in [6.45, 7) is 8.30. The van der Waals surface area contributed by atoms with Crippen LogP contribution < -0.4 is 10.1 Å². The summed E-state index contributed by atoms with van der Waals surface area (Å²) in [4.78, 5) is 11.9. The van der Waals surface area contributed by atoms with Crippen molar-refractivity contribution in [3.05, 3.63) is 29.8 Å². The van der Waals surface area contributed by atoms with Gasteiger partial charge in [-0.25, -0.2) is 0 Å². The van der Waals surface area contributed by atoms with Crippen LogP contribution in [0.15, 0.2) is 24.3 Å². The Bertz CT molecular complexity index is 410. The van der Waals surface area contributed by atoms with Gasteiger partial charge in [-0.1, -0.05) is 13.8 Å². The number of nitrogens with one attached hydrogen (secondary N) is 1. The molecule has 0 saturated carbocycles. The van der Waals surface area contributed by atoms with Crippen LogP contribution >= 0.6 is 0 Å². The van der Waals surface area contributed by atoms with Crippen molar-refractivity contribution in [3.63, 3.8) is 0 Å². The van der Waals surface area contributed by atoms with Crippen molar-refractivity contribution < 1.29 is 14.6 Å². The molecule has 0 aliphatic rings. The average molecular weight is 265 g/mol. The Morgan fingerprint density at radius 3 is 2.42 bits per heavy atom. The van der Waals surface area contributed by atoms with Crippen LogP contribution in [0.1, 0.15) is 38.1 Å². The number of benzene rings is 1. The summed E-state index contributed by atoms with van der Waals surface area (Å²) in [7, 11) is 0. The second-order valence-electron chi connectivity index (χ2n) is 5.15. The molecule has 19 heavy (non-hydrogen) atoms. The molecule has 0 saturated heterocycles. The first kappa shape index (κ1) is 15.5. The largest absolute Gasteiger partial charge is 0.494 e. The quantitative estimate of drug-likeness (QED) is 0.829. The zero-order valence-corrected chi connectivity index (χ0v) is 12.1. The molecule has 1 amide bonds. The molecule has 4 heteroatoms. The SMILES string of the molecule is CCOc1ccc(C(=O)NCC(C)(O)C(C)C)cc1. The number of carbonyl (C=O) groups is 1. The lowest BCUT2D eigenvalue weighted by atomic mass is 9.92. The Kier molecular flexibility index (Phi) is 5.36. The first-order valence-corrected chi connectivity index (χ1v) is 6.60. The fourth-order valence-electron chi connectivity index (χ4n) is 1.43. The van der Waals surface area contributed by atoms with Crippen molar-refractivity contribution in [2.45, 2.75) is 33.3 Å². The number of hydrogen-bond acceptors (Lipinski definition) is 3. The van der Waals surface area contributed by atoms with Crippen LogP contribution in [0.25, 0.3) is 0 Å². The summed E-state index contributed by atoms with van der Waals surface area (Å²) in [5.41, 5.74) is -0.344. The van der Waals surface area contributed by atoms with Gasteiger partial charge < -0.3 is 15.2 Å². The molecule has 0 spiro atoms. The van der Waals surface area contributed by atoms with E-state index in [1.807, 2.05) is 20.8 Å². The Morgan fingerprint density at radius 2 is 1.95 bits per heavy atom. The number of ether oxygens (including phenoxy) is 1. The lowest BCUT2D eigenvalue weighted by Crippen LogP contribution is -2.44. The third kappa shape index (κ3) is 4.56.